The van der Waals surface area contributed by atoms with Gasteiger partial charge in [0, 0.05) is 36.4 Å². The predicted molar refractivity (Wildman–Crippen MR) is 154 cm³/mol. The number of likely N-dealkylation sites (N-methyl/N-ethyl adjacent to an activating group) is 1. The minimum atomic E-state index is -4.18. The second-order valence-corrected chi connectivity index (χ2v) is 11.6. The number of aromatic nitrogens is 1. The Morgan fingerprint density at radius 1 is 1.17 bits per heavy atom. The molecule has 2 unspecified atom stereocenters. The molecule has 1 aliphatic heterocycles. The Hall–Kier alpha value is -3.58. The van der Waals surface area contributed by atoms with Crippen LogP contribution in [-0.4, -0.2) is 75.9 Å². The Balaban J connectivity index is 1.60. The molecule has 41 heavy (non-hydrogen) atoms. The molecule has 1 amide bonds. The number of pyridine rings is 1. The molecular weight excluding hydrogens is 548 g/mol. The van der Waals surface area contributed by atoms with Crippen molar-refractivity contribution in [1.29, 1.82) is 0 Å². The molecular formula is C29H36N4O7S. The number of benzene rings is 2. The molecule has 4 rings (SSSR count). The van der Waals surface area contributed by atoms with Gasteiger partial charge in [-0.15, -0.1) is 0 Å². The first-order valence-corrected chi connectivity index (χ1v) is 15.0. The second kappa shape index (κ2) is 13.4. The van der Waals surface area contributed by atoms with Gasteiger partial charge in [0.2, 0.25) is 22.2 Å². The van der Waals surface area contributed by atoms with E-state index in [4.69, 9.17) is 14.2 Å². The number of carbonyl (C=O) groups excluding carboxylic acids is 2. The maximum Gasteiger partial charge on any atom is 0.310 e. The highest BCUT2D eigenvalue weighted by Gasteiger charge is 2.39. The van der Waals surface area contributed by atoms with Crippen molar-refractivity contribution < 1.29 is 32.2 Å². The van der Waals surface area contributed by atoms with E-state index in [1.54, 1.807) is 13.1 Å². The zero-order chi connectivity index (χ0) is 29.6. The van der Waals surface area contributed by atoms with Crippen LogP contribution in [0.5, 0.6) is 5.75 Å². The maximum atomic E-state index is 13.5. The van der Waals surface area contributed by atoms with E-state index in [1.807, 2.05) is 56.3 Å². The van der Waals surface area contributed by atoms with Crippen molar-refractivity contribution in [1.82, 2.24) is 14.6 Å². The molecule has 220 valence electrons. The number of amides is 1. The molecule has 0 spiro atoms. The Morgan fingerprint density at radius 3 is 2.71 bits per heavy atom. The van der Waals surface area contributed by atoms with Crippen molar-refractivity contribution in [2.75, 3.05) is 32.6 Å². The molecule has 1 aromatic heterocycles. The van der Waals surface area contributed by atoms with Crippen LogP contribution in [0, 0.1) is 0 Å². The first-order valence-electron chi connectivity index (χ1n) is 13.5. The van der Waals surface area contributed by atoms with Crippen molar-refractivity contribution in [2.24, 2.45) is 0 Å². The monoisotopic (exact) mass is 584 g/mol. The summed E-state index contributed by atoms with van der Waals surface area (Å²) in [5, 5.41) is 3.84. The lowest BCUT2D eigenvalue weighted by Crippen LogP contribution is -2.41. The summed E-state index contributed by atoms with van der Waals surface area (Å²) in [6, 6.07) is 12.8. The third-order valence-corrected chi connectivity index (χ3v) is 8.31. The maximum absolute atomic E-state index is 13.5. The van der Waals surface area contributed by atoms with Gasteiger partial charge < -0.3 is 19.5 Å². The van der Waals surface area contributed by atoms with E-state index in [9.17, 15) is 18.0 Å². The molecule has 0 aliphatic carbocycles. The van der Waals surface area contributed by atoms with Crippen molar-refractivity contribution >= 4 is 38.5 Å². The summed E-state index contributed by atoms with van der Waals surface area (Å²) < 4.78 is 46.2. The Labute approximate surface area is 240 Å². The van der Waals surface area contributed by atoms with Crippen molar-refractivity contribution in [3.63, 3.8) is 0 Å². The third-order valence-electron chi connectivity index (χ3n) is 6.78. The molecule has 1 fully saturated rings. The highest BCUT2D eigenvalue weighted by molar-refractivity contribution is 7.89. The SMILES string of the molecule is CCO[C@H]1OC(=O)CC1NS(=O)(=O)c1ccc(NC(=O)C(CC)N(C)C)cc1OCCc1cccc2ncccc12. The van der Waals surface area contributed by atoms with Crippen LogP contribution in [0.25, 0.3) is 10.9 Å². The molecule has 1 saturated heterocycles. The van der Waals surface area contributed by atoms with E-state index in [1.165, 1.54) is 18.2 Å². The van der Waals surface area contributed by atoms with Gasteiger partial charge in [0.05, 0.1) is 30.6 Å². The van der Waals surface area contributed by atoms with Gasteiger partial charge in [-0.2, -0.15) is 0 Å². The van der Waals surface area contributed by atoms with E-state index >= 15 is 0 Å². The highest BCUT2D eigenvalue weighted by atomic mass is 32.2. The quantitative estimate of drug-likeness (QED) is 0.291. The van der Waals surface area contributed by atoms with Crippen LogP contribution in [0.4, 0.5) is 5.69 Å². The van der Waals surface area contributed by atoms with Gasteiger partial charge in [-0.25, -0.2) is 13.1 Å². The average molecular weight is 585 g/mol. The fourth-order valence-corrected chi connectivity index (χ4v) is 6.15. The molecule has 1 aliphatic rings. The Kier molecular flexibility index (Phi) is 9.92. The van der Waals surface area contributed by atoms with Gasteiger partial charge in [-0.05, 0) is 57.3 Å². The van der Waals surface area contributed by atoms with Crippen LogP contribution in [0.15, 0.2) is 59.6 Å². The smallest absolute Gasteiger partial charge is 0.310 e. The summed E-state index contributed by atoms with van der Waals surface area (Å²) in [6.07, 6.45) is 1.63. The molecule has 0 bridgehead atoms. The van der Waals surface area contributed by atoms with Crippen molar-refractivity contribution in [3.05, 3.63) is 60.3 Å². The van der Waals surface area contributed by atoms with E-state index in [2.05, 4.69) is 15.0 Å². The summed E-state index contributed by atoms with van der Waals surface area (Å²) in [5.74, 6) is -0.715. The fraction of sp³-hybridized carbons (Fsp3) is 0.414. The molecule has 0 radical (unpaired) electrons. The third kappa shape index (κ3) is 7.39. The summed E-state index contributed by atoms with van der Waals surface area (Å²) in [4.78, 5) is 30.8. The summed E-state index contributed by atoms with van der Waals surface area (Å²) in [7, 11) is -0.539. The number of hydrogen-bond donors (Lipinski definition) is 2. The number of fused-ring (bicyclic) bond motifs is 1. The van der Waals surface area contributed by atoms with E-state index in [0.717, 1.165) is 16.5 Å². The van der Waals surface area contributed by atoms with Gasteiger partial charge in [0.15, 0.2) is 0 Å². The van der Waals surface area contributed by atoms with Gasteiger partial charge in [-0.1, -0.05) is 25.1 Å². The van der Waals surface area contributed by atoms with Crippen molar-refractivity contribution in [2.45, 2.75) is 56.4 Å². The lowest BCUT2D eigenvalue weighted by atomic mass is 10.1. The van der Waals surface area contributed by atoms with Gasteiger partial charge in [0.1, 0.15) is 10.6 Å². The molecule has 2 heterocycles. The molecule has 2 aromatic carbocycles. The first kappa shape index (κ1) is 30.4. The number of ether oxygens (including phenoxy) is 3. The van der Waals surface area contributed by atoms with Crippen molar-refractivity contribution in [3.8, 4) is 5.75 Å². The van der Waals surface area contributed by atoms with E-state index < -0.39 is 28.3 Å². The number of rotatable bonds is 13. The van der Waals surface area contributed by atoms with Crippen LogP contribution in [-0.2, 0) is 35.5 Å². The topological polar surface area (TPSA) is 136 Å². The molecule has 2 N–H and O–H groups in total. The lowest BCUT2D eigenvalue weighted by molar-refractivity contribution is -0.163. The number of esters is 1. The summed E-state index contributed by atoms with van der Waals surface area (Å²) in [5.41, 5.74) is 2.25. The van der Waals surface area contributed by atoms with Crippen LogP contribution in [0.2, 0.25) is 0 Å². The van der Waals surface area contributed by atoms with Crippen LogP contribution in [0.3, 0.4) is 0 Å². The normalized spacial score (nSPS) is 17.9. The molecule has 11 nitrogen and oxygen atoms in total. The number of nitrogens with zero attached hydrogens (tertiary/aromatic N) is 2. The Morgan fingerprint density at radius 2 is 1.98 bits per heavy atom. The summed E-state index contributed by atoms with van der Waals surface area (Å²) in [6.45, 7) is 4.04. The number of anilines is 1. The van der Waals surface area contributed by atoms with Crippen LogP contribution in [0.1, 0.15) is 32.3 Å². The zero-order valence-electron chi connectivity index (χ0n) is 23.6. The lowest BCUT2D eigenvalue weighted by Gasteiger charge is -2.22. The molecule has 3 aromatic rings. The number of sulfonamides is 1. The standard InChI is InChI=1S/C29H36N4O7S/c1-5-24(33(3)4)28(35)31-20-12-13-26(41(36,37)32-23-18-27(34)40-29(23)38-6-2)25(17-20)39-16-14-19-9-7-11-22-21(19)10-8-15-30-22/h7-13,15,17,23-24,29,32H,5-6,14,16,18H2,1-4H3,(H,31,35)/t23?,24?,29-/m0/s1. The van der Waals surface area contributed by atoms with E-state index in [-0.39, 0.29) is 42.2 Å². The minimum Gasteiger partial charge on any atom is -0.492 e. The average Bonchev–Trinajstić information content (AvgIpc) is 3.26. The minimum absolute atomic E-state index is 0.0600. The van der Waals surface area contributed by atoms with Gasteiger partial charge >= 0.3 is 5.97 Å². The predicted octanol–water partition coefficient (Wildman–Crippen LogP) is 3.09. The zero-order valence-corrected chi connectivity index (χ0v) is 24.4. The largest absolute Gasteiger partial charge is 0.492 e. The van der Waals surface area contributed by atoms with Gasteiger partial charge in [0.25, 0.3) is 0 Å². The fourth-order valence-electron chi connectivity index (χ4n) is 4.80. The Bertz CT molecular complexity index is 1490. The first-order chi connectivity index (χ1) is 19.6. The number of cyclic esters (lactones) is 1. The summed E-state index contributed by atoms with van der Waals surface area (Å²) >= 11 is 0. The number of carbonyl (C=O) groups is 2. The van der Waals surface area contributed by atoms with Crippen LogP contribution >= 0.6 is 0 Å². The molecule has 3 atom stereocenters. The number of nitrogens with one attached hydrogen (secondary N) is 2. The van der Waals surface area contributed by atoms with Crippen LogP contribution < -0.4 is 14.8 Å². The van der Waals surface area contributed by atoms with Gasteiger partial charge in [-0.3, -0.25) is 19.5 Å². The highest BCUT2D eigenvalue weighted by Crippen LogP contribution is 2.30. The number of hydrogen-bond acceptors (Lipinski definition) is 9. The molecule has 12 heteroatoms. The molecule has 0 saturated carbocycles. The second-order valence-electron chi connectivity index (χ2n) is 9.87. The van der Waals surface area contributed by atoms with E-state index in [0.29, 0.717) is 18.5 Å².